The number of nitrogens with one attached hydrogen (secondary N) is 2. The van der Waals surface area contributed by atoms with Crippen molar-refractivity contribution < 1.29 is 9.90 Å². The molecule has 1 unspecified atom stereocenters. The molecule has 3 aromatic rings. The van der Waals surface area contributed by atoms with Crippen molar-refractivity contribution in [3.8, 4) is 11.1 Å². The Morgan fingerprint density at radius 2 is 1.80 bits per heavy atom. The van der Waals surface area contributed by atoms with E-state index in [9.17, 15) is 14.8 Å². The summed E-state index contributed by atoms with van der Waals surface area (Å²) in [6, 6.07) is 20.4. The zero-order valence-corrected chi connectivity index (χ0v) is 16.5. The van der Waals surface area contributed by atoms with Crippen molar-refractivity contribution in [2.24, 2.45) is 5.18 Å². The molecule has 0 heterocycles. The summed E-state index contributed by atoms with van der Waals surface area (Å²) in [7, 11) is 0. The van der Waals surface area contributed by atoms with Crippen LogP contribution in [-0.4, -0.2) is 17.2 Å². The fraction of sp³-hybridized carbons (Fsp3) is 0.208. The molecule has 0 fully saturated rings. The van der Waals surface area contributed by atoms with Gasteiger partial charge >= 0.3 is 6.03 Å². The molecule has 1 atom stereocenters. The van der Waals surface area contributed by atoms with Crippen LogP contribution in [0.3, 0.4) is 0 Å². The Balaban J connectivity index is 1.42. The van der Waals surface area contributed by atoms with Crippen LogP contribution in [0, 0.1) is 4.91 Å². The molecular weight excluding hydrogens is 378 g/mol. The summed E-state index contributed by atoms with van der Waals surface area (Å²) in [5.74, 6) is 0. The van der Waals surface area contributed by atoms with E-state index < -0.39 is 0 Å². The Labute approximate surface area is 174 Å². The summed E-state index contributed by atoms with van der Waals surface area (Å²) in [6.45, 7) is 0.364. The van der Waals surface area contributed by atoms with Crippen molar-refractivity contribution in [3.05, 3.63) is 88.3 Å². The molecule has 2 amide bonds. The number of carbonyl (C=O) groups is 1. The van der Waals surface area contributed by atoms with Crippen molar-refractivity contribution in [2.45, 2.75) is 31.9 Å². The number of rotatable bonds is 5. The van der Waals surface area contributed by atoms with Crippen LogP contribution >= 0.6 is 0 Å². The molecule has 0 saturated carbocycles. The van der Waals surface area contributed by atoms with E-state index in [0.717, 1.165) is 40.8 Å². The van der Waals surface area contributed by atoms with E-state index in [2.05, 4.69) is 15.8 Å². The Hall–Kier alpha value is -3.51. The number of nitrogens with zero attached hydrogens (tertiary/aromatic N) is 1. The third-order valence-electron chi connectivity index (χ3n) is 5.37. The number of anilines is 1. The summed E-state index contributed by atoms with van der Waals surface area (Å²) >= 11 is 0. The Morgan fingerprint density at radius 3 is 2.63 bits per heavy atom. The highest BCUT2D eigenvalue weighted by Gasteiger charge is 2.19. The molecule has 0 saturated heterocycles. The van der Waals surface area contributed by atoms with Crippen LogP contribution in [0.25, 0.3) is 11.1 Å². The number of hydrogen-bond acceptors (Lipinski definition) is 4. The monoisotopic (exact) mass is 401 g/mol. The molecule has 0 spiro atoms. The zero-order valence-electron chi connectivity index (χ0n) is 16.5. The second-order valence-corrected chi connectivity index (χ2v) is 7.49. The molecular formula is C24H23N3O3. The average Bonchev–Trinajstić information content (AvgIpc) is 2.78. The second kappa shape index (κ2) is 8.88. The summed E-state index contributed by atoms with van der Waals surface area (Å²) < 4.78 is 0. The average molecular weight is 401 g/mol. The van der Waals surface area contributed by atoms with Crippen LogP contribution < -0.4 is 10.6 Å². The summed E-state index contributed by atoms with van der Waals surface area (Å²) in [5.41, 5.74) is 6.11. The first-order chi connectivity index (χ1) is 14.6. The van der Waals surface area contributed by atoms with Crippen molar-refractivity contribution >= 4 is 17.4 Å². The highest BCUT2D eigenvalue weighted by molar-refractivity contribution is 5.90. The van der Waals surface area contributed by atoms with Gasteiger partial charge in [-0.15, -0.1) is 4.91 Å². The largest absolute Gasteiger partial charge is 0.393 e. The van der Waals surface area contributed by atoms with Crippen LogP contribution in [0.4, 0.5) is 16.2 Å². The quantitative estimate of drug-likeness (QED) is 0.530. The van der Waals surface area contributed by atoms with Crippen molar-refractivity contribution in [2.75, 3.05) is 5.32 Å². The van der Waals surface area contributed by atoms with Gasteiger partial charge in [-0.05, 0) is 70.1 Å². The molecule has 0 aromatic heterocycles. The van der Waals surface area contributed by atoms with Gasteiger partial charge in [0, 0.05) is 18.7 Å². The van der Waals surface area contributed by atoms with Gasteiger partial charge in [-0.1, -0.05) is 42.5 Å². The molecule has 30 heavy (non-hydrogen) atoms. The van der Waals surface area contributed by atoms with Crippen molar-refractivity contribution in [1.29, 1.82) is 0 Å². The Morgan fingerprint density at radius 1 is 1.03 bits per heavy atom. The fourth-order valence-corrected chi connectivity index (χ4v) is 3.84. The number of hydrogen-bond donors (Lipinski definition) is 3. The van der Waals surface area contributed by atoms with Gasteiger partial charge in [0.1, 0.15) is 5.69 Å². The van der Waals surface area contributed by atoms with Gasteiger partial charge in [0.05, 0.1) is 6.10 Å². The summed E-state index contributed by atoms with van der Waals surface area (Å²) in [5, 5.41) is 18.8. The number of carbonyl (C=O) groups excluding carboxylic acids is 1. The van der Waals surface area contributed by atoms with Gasteiger partial charge in [0.15, 0.2) is 0 Å². The van der Waals surface area contributed by atoms with Crippen LogP contribution in [0.15, 0.2) is 71.9 Å². The highest BCUT2D eigenvalue weighted by Crippen LogP contribution is 2.28. The lowest BCUT2D eigenvalue weighted by Gasteiger charge is -2.23. The number of aliphatic hydroxyl groups excluding tert-OH is 1. The number of nitroso groups, excluding NO2 is 1. The molecule has 1 aliphatic rings. The predicted octanol–water partition coefficient (Wildman–Crippen LogP) is 4.92. The molecule has 3 N–H and O–H groups in total. The number of aryl methyl sites for hydroxylation is 1. The molecule has 0 radical (unpaired) electrons. The van der Waals surface area contributed by atoms with Crippen LogP contribution in [0.1, 0.15) is 23.1 Å². The van der Waals surface area contributed by atoms with E-state index in [1.807, 2.05) is 48.5 Å². The van der Waals surface area contributed by atoms with Crippen LogP contribution in [0.5, 0.6) is 0 Å². The maximum absolute atomic E-state index is 12.5. The van der Waals surface area contributed by atoms with E-state index in [4.69, 9.17) is 0 Å². The van der Waals surface area contributed by atoms with Crippen molar-refractivity contribution in [1.82, 2.24) is 5.32 Å². The van der Waals surface area contributed by atoms with E-state index in [0.29, 0.717) is 18.7 Å². The summed E-state index contributed by atoms with van der Waals surface area (Å²) in [4.78, 5) is 23.2. The van der Waals surface area contributed by atoms with Gasteiger partial charge in [-0.3, -0.25) is 0 Å². The molecule has 152 valence electrons. The molecule has 0 bridgehead atoms. The second-order valence-electron chi connectivity index (χ2n) is 7.49. The first-order valence-corrected chi connectivity index (χ1v) is 9.99. The third kappa shape index (κ3) is 4.55. The van der Waals surface area contributed by atoms with E-state index in [-0.39, 0.29) is 12.1 Å². The predicted molar refractivity (Wildman–Crippen MR) is 118 cm³/mol. The van der Waals surface area contributed by atoms with E-state index >= 15 is 0 Å². The number of fused-ring (bicyclic) bond motifs is 1. The standard InChI is InChI=1S/C24H23N3O3/c28-21-11-10-17-5-3-9-23(22(17)14-21)26-24(29)25-15-16-4-1-6-18(12-16)19-7-2-8-20(13-19)27-30/h1-9,12-13,21,28H,10-11,14-15H2,(H2,25,26,29). The molecule has 0 aliphatic heterocycles. The number of urea groups is 1. The maximum atomic E-state index is 12.5. The topological polar surface area (TPSA) is 90.8 Å². The summed E-state index contributed by atoms with van der Waals surface area (Å²) in [6.07, 6.45) is 1.77. The zero-order chi connectivity index (χ0) is 20.9. The van der Waals surface area contributed by atoms with Crippen molar-refractivity contribution in [3.63, 3.8) is 0 Å². The van der Waals surface area contributed by atoms with Crippen LogP contribution in [-0.2, 0) is 19.4 Å². The minimum absolute atomic E-state index is 0.291. The van der Waals surface area contributed by atoms with E-state index in [1.165, 1.54) is 5.56 Å². The van der Waals surface area contributed by atoms with Gasteiger partial charge in [-0.2, -0.15) is 0 Å². The lowest BCUT2D eigenvalue weighted by molar-refractivity contribution is 0.159. The molecule has 1 aliphatic carbocycles. The lowest BCUT2D eigenvalue weighted by atomic mass is 9.88. The Bertz CT molecular complexity index is 1080. The lowest BCUT2D eigenvalue weighted by Crippen LogP contribution is -2.29. The normalized spacial score (nSPS) is 15.2. The first-order valence-electron chi connectivity index (χ1n) is 9.99. The molecule has 6 heteroatoms. The van der Waals surface area contributed by atoms with Gasteiger partial charge < -0.3 is 15.7 Å². The SMILES string of the molecule is O=Nc1cccc(-c2cccc(CNC(=O)Nc3cccc4c3CC(O)CC4)c2)c1. The minimum atomic E-state index is -0.362. The minimum Gasteiger partial charge on any atom is -0.393 e. The number of benzene rings is 3. The Kier molecular flexibility index (Phi) is 5.86. The number of aliphatic hydroxyl groups is 1. The third-order valence-corrected chi connectivity index (χ3v) is 5.37. The fourth-order valence-electron chi connectivity index (χ4n) is 3.84. The van der Waals surface area contributed by atoms with Crippen LogP contribution in [0.2, 0.25) is 0 Å². The van der Waals surface area contributed by atoms with Gasteiger partial charge in [-0.25, -0.2) is 4.79 Å². The maximum Gasteiger partial charge on any atom is 0.319 e. The van der Waals surface area contributed by atoms with Gasteiger partial charge in [0.25, 0.3) is 0 Å². The van der Waals surface area contributed by atoms with Gasteiger partial charge in [0.2, 0.25) is 0 Å². The molecule has 3 aromatic carbocycles. The van der Waals surface area contributed by atoms with E-state index in [1.54, 1.807) is 18.2 Å². The smallest absolute Gasteiger partial charge is 0.319 e. The first kappa shape index (κ1) is 19.8. The molecule has 6 nitrogen and oxygen atoms in total. The highest BCUT2D eigenvalue weighted by atomic mass is 16.3. The molecule has 4 rings (SSSR count). The number of amides is 2.